The maximum atomic E-state index is 14.1. The van der Waals surface area contributed by atoms with Gasteiger partial charge in [0.05, 0.1) is 0 Å². The first kappa shape index (κ1) is 12.1. The van der Waals surface area contributed by atoms with Crippen molar-refractivity contribution < 1.29 is 19.1 Å². The smallest absolute Gasteiger partial charge is 0.316 e. The zero-order chi connectivity index (χ0) is 13.6. The lowest BCUT2D eigenvalue weighted by Gasteiger charge is -2.16. The summed E-state index contributed by atoms with van der Waals surface area (Å²) in [6.45, 7) is 0.186. The highest BCUT2D eigenvalue weighted by molar-refractivity contribution is 5.99. The first-order chi connectivity index (χ1) is 9.08. The van der Waals surface area contributed by atoms with Crippen molar-refractivity contribution in [3.63, 3.8) is 0 Å². The summed E-state index contributed by atoms with van der Waals surface area (Å²) in [4.78, 5) is 22.7. The van der Waals surface area contributed by atoms with Crippen LogP contribution in [0.4, 0.5) is 4.39 Å². The summed E-state index contributed by atoms with van der Waals surface area (Å²) < 4.78 is 14.1. The van der Waals surface area contributed by atoms with Crippen LogP contribution < -0.4 is 5.32 Å². The molecule has 0 aromatic heterocycles. The number of hydrogen-bond donors (Lipinski definition) is 2. The van der Waals surface area contributed by atoms with E-state index in [4.69, 9.17) is 5.11 Å². The number of aliphatic carboxylic acids is 1. The molecule has 5 heteroatoms. The fraction of sp³-hybridized carbons (Fsp3) is 0.429. The van der Waals surface area contributed by atoms with Gasteiger partial charge in [-0.2, -0.15) is 0 Å². The van der Waals surface area contributed by atoms with Gasteiger partial charge < -0.3 is 10.4 Å². The van der Waals surface area contributed by atoms with E-state index >= 15 is 0 Å². The zero-order valence-electron chi connectivity index (χ0n) is 10.3. The Hall–Kier alpha value is -1.91. The molecule has 1 aromatic carbocycles. The highest BCUT2D eigenvalue weighted by Crippen LogP contribution is 2.34. The SMILES string of the molecule is O=C(O)[C@H]1C(=O)NC[C@@H]1c1cc2c(cc1F)CCC2. The van der Waals surface area contributed by atoms with Crippen molar-refractivity contribution >= 4 is 11.9 Å². The Kier molecular flexibility index (Phi) is 2.77. The van der Waals surface area contributed by atoms with Gasteiger partial charge in [0, 0.05) is 12.5 Å². The standard InChI is InChI=1S/C14H14FNO3/c15-11-5-8-3-1-2-7(8)4-9(11)10-6-16-13(17)12(10)14(18)19/h4-5,10,12H,1-3,6H2,(H,16,17)(H,18,19)/t10-,12-/m1/s1. The number of carbonyl (C=O) groups is 2. The van der Waals surface area contributed by atoms with Crippen LogP contribution in [0.3, 0.4) is 0 Å². The molecule has 0 spiro atoms. The first-order valence-electron chi connectivity index (χ1n) is 6.39. The molecule has 0 saturated carbocycles. The van der Waals surface area contributed by atoms with Crippen LogP contribution in [0.2, 0.25) is 0 Å². The lowest BCUT2D eigenvalue weighted by molar-refractivity contribution is -0.145. The van der Waals surface area contributed by atoms with Gasteiger partial charge in [-0.05, 0) is 42.0 Å². The molecule has 4 nitrogen and oxygen atoms in total. The lowest BCUT2D eigenvalue weighted by atomic mass is 9.87. The van der Waals surface area contributed by atoms with E-state index in [0.29, 0.717) is 5.56 Å². The monoisotopic (exact) mass is 263 g/mol. The third kappa shape index (κ3) is 1.89. The van der Waals surface area contributed by atoms with Crippen LogP contribution in [-0.4, -0.2) is 23.5 Å². The maximum absolute atomic E-state index is 14.1. The Morgan fingerprint density at radius 3 is 2.68 bits per heavy atom. The third-order valence-electron chi connectivity index (χ3n) is 4.06. The minimum atomic E-state index is -1.19. The van der Waals surface area contributed by atoms with Crippen LogP contribution in [-0.2, 0) is 22.4 Å². The number of aryl methyl sites for hydroxylation is 2. The van der Waals surface area contributed by atoms with Crippen LogP contribution >= 0.6 is 0 Å². The van der Waals surface area contributed by atoms with Crippen molar-refractivity contribution in [3.8, 4) is 0 Å². The van der Waals surface area contributed by atoms with E-state index in [-0.39, 0.29) is 6.54 Å². The molecule has 1 heterocycles. The molecule has 1 aliphatic heterocycles. The topological polar surface area (TPSA) is 66.4 Å². The van der Waals surface area contributed by atoms with Gasteiger partial charge >= 0.3 is 5.97 Å². The molecule has 19 heavy (non-hydrogen) atoms. The van der Waals surface area contributed by atoms with E-state index in [1.54, 1.807) is 6.07 Å². The average Bonchev–Trinajstić information content (AvgIpc) is 2.93. The zero-order valence-corrected chi connectivity index (χ0v) is 10.3. The molecule has 0 bridgehead atoms. The Morgan fingerprint density at radius 1 is 1.32 bits per heavy atom. The average molecular weight is 263 g/mol. The Balaban J connectivity index is 2.02. The second kappa shape index (κ2) is 4.33. The summed E-state index contributed by atoms with van der Waals surface area (Å²) in [5.74, 6) is -3.92. The molecular weight excluding hydrogens is 249 g/mol. The number of carboxylic acids is 1. The van der Waals surface area contributed by atoms with Crippen LogP contribution in [0.25, 0.3) is 0 Å². The number of nitrogens with one attached hydrogen (secondary N) is 1. The lowest BCUT2D eigenvalue weighted by Crippen LogP contribution is -2.27. The summed E-state index contributed by atoms with van der Waals surface area (Å²) in [5, 5.41) is 11.6. The normalized spacial score (nSPS) is 25.2. The largest absolute Gasteiger partial charge is 0.481 e. The highest BCUT2D eigenvalue weighted by atomic mass is 19.1. The number of carboxylic acid groups (broad SMARTS) is 1. The van der Waals surface area contributed by atoms with Crippen molar-refractivity contribution in [2.75, 3.05) is 6.54 Å². The number of fused-ring (bicyclic) bond motifs is 1. The summed E-state index contributed by atoms with van der Waals surface area (Å²) in [6, 6.07) is 3.25. The van der Waals surface area contributed by atoms with Crippen molar-refractivity contribution in [1.29, 1.82) is 0 Å². The second-order valence-electron chi connectivity index (χ2n) is 5.16. The van der Waals surface area contributed by atoms with Gasteiger partial charge in [-0.15, -0.1) is 0 Å². The fourth-order valence-electron chi connectivity index (χ4n) is 3.09. The third-order valence-corrected chi connectivity index (χ3v) is 4.06. The van der Waals surface area contributed by atoms with Crippen molar-refractivity contribution in [2.45, 2.75) is 25.2 Å². The predicted molar refractivity (Wildman–Crippen MR) is 65.3 cm³/mol. The number of halogens is 1. The summed E-state index contributed by atoms with van der Waals surface area (Å²) in [7, 11) is 0. The van der Waals surface area contributed by atoms with Gasteiger partial charge in [0.1, 0.15) is 11.7 Å². The molecule has 100 valence electrons. The molecule has 1 saturated heterocycles. The van der Waals surface area contributed by atoms with Gasteiger partial charge in [-0.1, -0.05) is 6.07 Å². The summed E-state index contributed by atoms with van der Waals surface area (Å²) in [6.07, 6.45) is 2.77. The van der Waals surface area contributed by atoms with Crippen LogP contribution in [0.1, 0.15) is 29.0 Å². The molecule has 1 aliphatic carbocycles. The molecule has 1 aromatic rings. The quantitative estimate of drug-likeness (QED) is 0.789. The minimum absolute atomic E-state index is 0.186. The Morgan fingerprint density at radius 2 is 2.00 bits per heavy atom. The molecule has 0 radical (unpaired) electrons. The van der Waals surface area contributed by atoms with Gasteiger partial charge in [0.25, 0.3) is 0 Å². The molecule has 2 atom stereocenters. The van der Waals surface area contributed by atoms with Crippen LogP contribution in [0.5, 0.6) is 0 Å². The van der Waals surface area contributed by atoms with Gasteiger partial charge in [0.15, 0.2) is 0 Å². The van der Waals surface area contributed by atoms with Gasteiger partial charge in [0.2, 0.25) is 5.91 Å². The molecular formula is C14H14FNO3. The molecule has 2 aliphatic rings. The number of rotatable bonds is 2. The Bertz CT molecular complexity index is 570. The number of hydrogen-bond acceptors (Lipinski definition) is 2. The van der Waals surface area contributed by atoms with Crippen molar-refractivity contribution in [2.24, 2.45) is 5.92 Å². The molecule has 1 amide bonds. The Labute approximate surface area is 109 Å². The molecule has 0 unspecified atom stereocenters. The summed E-state index contributed by atoms with van der Waals surface area (Å²) in [5.41, 5.74) is 2.44. The first-order valence-corrected chi connectivity index (χ1v) is 6.39. The van der Waals surface area contributed by atoms with Crippen molar-refractivity contribution in [1.82, 2.24) is 5.32 Å². The van der Waals surface area contributed by atoms with E-state index in [1.165, 1.54) is 6.07 Å². The second-order valence-corrected chi connectivity index (χ2v) is 5.16. The van der Waals surface area contributed by atoms with E-state index < -0.39 is 29.5 Å². The molecule has 3 rings (SSSR count). The van der Waals surface area contributed by atoms with Gasteiger partial charge in [-0.25, -0.2) is 4.39 Å². The number of benzene rings is 1. The van der Waals surface area contributed by atoms with E-state index in [1.807, 2.05) is 0 Å². The van der Waals surface area contributed by atoms with Gasteiger partial charge in [-0.3, -0.25) is 9.59 Å². The maximum Gasteiger partial charge on any atom is 0.316 e. The summed E-state index contributed by atoms with van der Waals surface area (Å²) >= 11 is 0. The van der Waals surface area contributed by atoms with Crippen LogP contribution in [0, 0.1) is 11.7 Å². The number of amides is 1. The van der Waals surface area contributed by atoms with E-state index in [9.17, 15) is 14.0 Å². The number of carbonyl (C=O) groups excluding carboxylic acids is 1. The van der Waals surface area contributed by atoms with Crippen LogP contribution in [0.15, 0.2) is 12.1 Å². The highest BCUT2D eigenvalue weighted by Gasteiger charge is 2.42. The molecule has 2 N–H and O–H groups in total. The molecule has 1 fully saturated rings. The van der Waals surface area contributed by atoms with E-state index in [2.05, 4.69) is 5.32 Å². The van der Waals surface area contributed by atoms with Crippen molar-refractivity contribution in [3.05, 3.63) is 34.6 Å². The van der Waals surface area contributed by atoms with E-state index in [0.717, 1.165) is 30.4 Å². The fourth-order valence-corrected chi connectivity index (χ4v) is 3.09. The predicted octanol–water partition coefficient (Wildman–Crippen LogP) is 1.23. The minimum Gasteiger partial charge on any atom is -0.481 e.